The van der Waals surface area contributed by atoms with Crippen molar-refractivity contribution in [3.05, 3.63) is 64.4 Å². The van der Waals surface area contributed by atoms with E-state index in [0.717, 1.165) is 0 Å². The van der Waals surface area contributed by atoms with Crippen molar-refractivity contribution in [3.63, 3.8) is 0 Å². The smallest absolute Gasteiger partial charge is 0.337 e. The first-order chi connectivity index (χ1) is 10.0. The van der Waals surface area contributed by atoms with Gasteiger partial charge in [-0.25, -0.2) is 9.18 Å². The van der Waals surface area contributed by atoms with Gasteiger partial charge in [0.15, 0.2) is 0 Å². The van der Waals surface area contributed by atoms with E-state index in [2.05, 4.69) is 10.1 Å². The molecule has 6 heteroatoms. The van der Waals surface area contributed by atoms with Gasteiger partial charge in [-0.3, -0.25) is 4.79 Å². The van der Waals surface area contributed by atoms with E-state index in [1.54, 1.807) is 6.07 Å². The second-order valence-electron chi connectivity index (χ2n) is 4.12. The van der Waals surface area contributed by atoms with E-state index in [4.69, 9.17) is 11.6 Å². The second-order valence-corrected chi connectivity index (χ2v) is 4.53. The molecule has 1 N–H and O–H groups in total. The van der Waals surface area contributed by atoms with Gasteiger partial charge in [0, 0.05) is 0 Å². The maximum atomic E-state index is 13.5. The van der Waals surface area contributed by atoms with Crippen molar-refractivity contribution in [1.82, 2.24) is 0 Å². The molecule has 2 rings (SSSR count). The highest BCUT2D eigenvalue weighted by molar-refractivity contribution is 6.34. The molecular weight excluding hydrogens is 297 g/mol. The zero-order valence-corrected chi connectivity index (χ0v) is 11.8. The summed E-state index contributed by atoms with van der Waals surface area (Å²) in [4.78, 5) is 23.5. The van der Waals surface area contributed by atoms with Crippen LogP contribution in [0.15, 0.2) is 42.5 Å². The lowest BCUT2D eigenvalue weighted by atomic mass is 10.1. The summed E-state index contributed by atoms with van der Waals surface area (Å²) in [6.45, 7) is 0. The summed E-state index contributed by atoms with van der Waals surface area (Å²) in [5.41, 5.74) is 0.315. The van der Waals surface area contributed by atoms with Crippen LogP contribution < -0.4 is 5.32 Å². The molecule has 2 aromatic rings. The molecule has 0 unspecified atom stereocenters. The Hall–Kier alpha value is -2.40. The third kappa shape index (κ3) is 3.38. The van der Waals surface area contributed by atoms with Gasteiger partial charge in [0.05, 0.1) is 28.9 Å². The molecule has 0 atom stereocenters. The summed E-state index contributed by atoms with van der Waals surface area (Å²) in [6, 6.07) is 9.84. The first-order valence-electron chi connectivity index (χ1n) is 5.96. The van der Waals surface area contributed by atoms with Crippen LogP contribution in [0.2, 0.25) is 5.02 Å². The molecule has 4 nitrogen and oxygen atoms in total. The number of rotatable bonds is 3. The fraction of sp³-hybridized carbons (Fsp3) is 0.0667. The van der Waals surface area contributed by atoms with Crippen molar-refractivity contribution in [2.75, 3.05) is 12.4 Å². The summed E-state index contributed by atoms with van der Waals surface area (Å²) in [7, 11) is 1.24. The van der Waals surface area contributed by atoms with Crippen LogP contribution in [0.3, 0.4) is 0 Å². The first-order valence-corrected chi connectivity index (χ1v) is 6.34. The van der Waals surface area contributed by atoms with Crippen LogP contribution in [0.25, 0.3) is 0 Å². The van der Waals surface area contributed by atoms with Crippen molar-refractivity contribution < 1.29 is 18.7 Å². The van der Waals surface area contributed by atoms with Crippen LogP contribution in [0.5, 0.6) is 0 Å². The SMILES string of the molecule is COC(=O)c1ccc(Cl)c(NC(=O)c2ccccc2F)c1. The number of esters is 1. The minimum absolute atomic E-state index is 0.114. The largest absolute Gasteiger partial charge is 0.465 e. The van der Waals surface area contributed by atoms with Crippen LogP contribution in [0.4, 0.5) is 10.1 Å². The highest BCUT2D eigenvalue weighted by Gasteiger charge is 2.14. The van der Waals surface area contributed by atoms with Crippen LogP contribution in [0, 0.1) is 5.82 Å². The number of nitrogens with one attached hydrogen (secondary N) is 1. The highest BCUT2D eigenvalue weighted by Crippen LogP contribution is 2.24. The maximum absolute atomic E-state index is 13.5. The summed E-state index contributed by atoms with van der Waals surface area (Å²) in [5, 5.41) is 2.70. The monoisotopic (exact) mass is 307 g/mol. The molecule has 0 aromatic heterocycles. The topological polar surface area (TPSA) is 55.4 Å². The molecule has 0 radical (unpaired) electrons. The van der Waals surface area contributed by atoms with Gasteiger partial charge in [-0.2, -0.15) is 0 Å². The number of halogens is 2. The Morgan fingerprint density at radius 2 is 1.90 bits per heavy atom. The zero-order valence-electron chi connectivity index (χ0n) is 11.0. The Kier molecular flexibility index (Phi) is 4.55. The van der Waals surface area contributed by atoms with Crippen molar-refractivity contribution >= 4 is 29.2 Å². The molecular formula is C15H11ClFNO3. The minimum atomic E-state index is -0.656. The van der Waals surface area contributed by atoms with Crippen molar-refractivity contribution in [1.29, 1.82) is 0 Å². The fourth-order valence-electron chi connectivity index (χ4n) is 1.70. The third-order valence-electron chi connectivity index (χ3n) is 2.75. The summed E-state index contributed by atoms with van der Waals surface area (Å²) in [5.74, 6) is -1.86. The van der Waals surface area contributed by atoms with E-state index in [1.807, 2.05) is 0 Å². The molecule has 0 aliphatic rings. The van der Waals surface area contributed by atoms with Gasteiger partial charge in [0.2, 0.25) is 0 Å². The number of hydrogen-bond acceptors (Lipinski definition) is 3. The van der Waals surface area contributed by atoms with Gasteiger partial charge in [-0.15, -0.1) is 0 Å². The summed E-state index contributed by atoms with van der Waals surface area (Å²) >= 11 is 5.95. The third-order valence-corrected chi connectivity index (χ3v) is 3.08. The minimum Gasteiger partial charge on any atom is -0.465 e. The van der Waals surface area contributed by atoms with Crippen molar-refractivity contribution in [3.8, 4) is 0 Å². The number of benzene rings is 2. The highest BCUT2D eigenvalue weighted by atomic mass is 35.5. The summed E-state index contributed by atoms with van der Waals surface area (Å²) in [6.07, 6.45) is 0. The number of amides is 1. The average Bonchev–Trinajstić information content (AvgIpc) is 2.49. The number of hydrogen-bond donors (Lipinski definition) is 1. The van der Waals surface area contributed by atoms with Crippen LogP contribution in [-0.2, 0) is 4.74 Å². The number of anilines is 1. The molecule has 0 aliphatic heterocycles. The van der Waals surface area contributed by atoms with Gasteiger partial charge >= 0.3 is 5.97 Å². The average molecular weight is 308 g/mol. The van der Waals surface area contributed by atoms with E-state index in [1.165, 1.54) is 43.5 Å². The van der Waals surface area contributed by atoms with E-state index >= 15 is 0 Å². The molecule has 0 saturated carbocycles. The molecule has 108 valence electrons. The lowest BCUT2D eigenvalue weighted by Crippen LogP contribution is -2.14. The Bertz CT molecular complexity index is 703. The number of carbonyl (C=O) groups is 2. The molecule has 0 heterocycles. The van der Waals surface area contributed by atoms with E-state index < -0.39 is 17.7 Å². The van der Waals surface area contributed by atoms with E-state index in [-0.39, 0.29) is 21.8 Å². The number of ether oxygens (including phenoxy) is 1. The lowest BCUT2D eigenvalue weighted by molar-refractivity contribution is 0.0600. The lowest BCUT2D eigenvalue weighted by Gasteiger charge is -2.09. The Morgan fingerprint density at radius 3 is 2.57 bits per heavy atom. The molecule has 0 bridgehead atoms. The van der Waals surface area contributed by atoms with Gasteiger partial charge < -0.3 is 10.1 Å². The molecule has 1 amide bonds. The van der Waals surface area contributed by atoms with Crippen LogP contribution >= 0.6 is 11.6 Å². The molecule has 0 saturated heterocycles. The Labute approximate surface area is 125 Å². The zero-order chi connectivity index (χ0) is 15.4. The molecule has 0 fully saturated rings. The van der Waals surface area contributed by atoms with Gasteiger partial charge in [0.25, 0.3) is 5.91 Å². The van der Waals surface area contributed by atoms with E-state index in [0.29, 0.717) is 0 Å². The number of carbonyl (C=O) groups excluding carboxylic acids is 2. The van der Waals surface area contributed by atoms with Crippen LogP contribution in [0.1, 0.15) is 20.7 Å². The molecule has 0 aliphatic carbocycles. The number of methoxy groups -OCH3 is 1. The van der Waals surface area contributed by atoms with Crippen molar-refractivity contribution in [2.24, 2.45) is 0 Å². The second kappa shape index (κ2) is 6.37. The van der Waals surface area contributed by atoms with Crippen molar-refractivity contribution in [2.45, 2.75) is 0 Å². The molecule has 21 heavy (non-hydrogen) atoms. The molecule has 0 spiro atoms. The van der Waals surface area contributed by atoms with Crippen LogP contribution in [-0.4, -0.2) is 19.0 Å². The fourth-order valence-corrected chi connectivity index (χ4v) is 1.87. The molecule has 2 aromatic carbocycles. The standard InChI is InChI=1S/C15H11ClFNO3/c1-21-15(20)9-6-7-11(16)13(8-9)18-14(19)10-4-2-3-5-12(10)17/h2-8H,1H3,(H,18,19). The van der Waals surface area contributed by atoms with Gasteiger partial charge in [-0.1, -0.05) is 23.7 Å². The Balaban J connectivity index is 2.29. The van der Waals surface area contributed by atoms with Gasteiger partial charge in [-0.05, 0) is 30.3 Å². The normalized spacial score (nSPS) is 10.0. The quantitative estimate of drug-likeness (QED) is 0.883. The predicted molar refractivity (Wildman–Crippen MR) is 77.1 cm³/mol. The maximum Gasteiger partial charge on any atom is 0.337 e. The summed E-state index contributed by atoms with van der Waals surface area (Å²) < 4.78 is 18.1. The predicted octanol–water partition coefficient (Wildman–Crippen LogP) is 3.52. The Morgan fingerprint density at radius 1 is 1.19 bits per heavy atom. The van der Waals surface area contributed by atoms with Gasteiger partial charge in [0.1, 0.15) is 5.82 Å². The first kappa shape index (κ1) is 15.0. The van der Waals surface area contributed by atoms with E-state index in [9.17, 15) is 14.0 Å².